The highest BCUT2D eigenvalue weighted by atomic mass is 32.1. The van der Waals surface area contributed by atoms with Gasteiger partial charge in [0, 0.05) is 4.75 Å². The van der Waals surface area contributed by atoms with Gasteiger partial charge in [0.2, 0.25) is 0 Å². The van der Waals surface area contributed by atoms with Crippen LogP contribution in [0.3, 0.4) is 0 Å². The van der Waals surface area contributed by atoms with E-state index in [2.05, 4.69) is 38.6 Å². The molecule has 0 aromatic heterocycles. The summed E-state index contributed by atoms with van der Waals surface area (Å²) in [5.41, 5.74) is 1.27. The number of thiol groups is 1. The van der Waals surface area contributed by atoms with E-state index in [0.717, 1.165) is 12.2 Å². The summed E-state index contributed by atoms with van der Waals surface area (Å²) in [6.45, 7) is 6.94. The van der Waals surface area contributed by atoms with Crippen molar-refractivity contribution in [3.63, 3.8) is 0 Å². The van der Waals surface area contributed by atoms with E-state index in [4.69, 9.17) is 4.74 Å². The van der Waals surface area contributed by atoms with Gasteiger partial charge in [0.15, 0.2) is 0 Å². The van der Waals surface area contributed by atoms with E-state index in [9.17, 15) is 0 Å². The Morgan fingerprint density at radius 2 is 2.07 bits per heavy atom. The molecule has 0 saturated carbocycles. The average Bonchev–Trinajstić information content (AvgIpc) is 2.02. The van der Waals surface area contributed by atoms with Crippen molar-refractivity contribution in [3.05, 3.63) is 29.8 Å². The zero-order valence-corrected chi connectivity index (χ0v) is 9.97. The fraction of sp³-hybridized carbons (Fsp3) is 0.500. The van der Waals surface area contributed by atoms with E-state index in [1.165, 1.54) is 5.56 Å². The monoisotopic (exact) mass is 210 g/mol. The predicted octanol–water partition coefficient (Wildman–Crippen LogP) is 3.34. The average molecular weight is 210 g/mol. The molecule has 0 spiro atoms. The van der Waals surface area contributed by atoms with Crippen molar-refractivity contribution in [3.8, 4) is 5.75 Å². The van der Waals surface area contributed by atoms with Crippen LogP contribution in [0.2, 0.25) is 0 Å². The first kappa shape index (κ1) is 11.4. The van der Waals surface area contributed by atoms with Gasteiger partial charge in [-0.2, -0.15) is 12.6 Å². The summed E-state index contributed by atoms with van der Waals surface area (Å²) in [5, 5.41) is 0. The number of hydrogen-bond acceptors (Lipinski definition) is 2. The maximum Gasteiger partial charge on any atom is 0.119 e. The molecule has 0 fully saturated rings. The number of benzene rings is 1. The number of rotatable bonds is 4. The second-order valence-electron chi connectivity index (χ2n) is 4.07. The van der Waals surface area contributed by atoms with Crippen molar-refractivity contribution in [2.75, 3.05) is 6.61 Å². The van der Waals surface area contributed by atoms with Crippen LogP contribution in [0.4, 0.5) is 0 Å². The summed E-state index contributed by atoms with van der Waals surface area (Å²) in [6, 6.07) is 8.21. The zero-order chi connectivity index (χ0) is 10.6. The van der Waals surface area contributed by atoms with E-state index in [0.29, 0.717) is 6.61 Å². The Morgan fingerprint density at radius 1 is 1.36 bits per heavy atom. The summed E-state index contributed by atoms with van der Waals surface area (Å²) in [5.74, 6) is 0.947. The molecule has 0 radical (unpaired) electrons. The molecule has 14 heavy (non-hydrogen) atoms. The molecule has 0 saturated heterocycles. The van der Waals surface area contributed by atoms with Gasteiger partial charge >= 0.3 is 0 Å². The summed E-state index contributed by atoms with van der Waals surface area (Å²) in [7, 11) is 0. The van der Waals surface area contributed by atoms with Crippen molar-refractivity contribution < 1.29 is 4.74 Å². The molecule has 1 aromatic rings. The molecule has 0 atom stereocenters. The molecular formula is C12H18OS. The standard InChI is InChI=1S/C12H18OS/c1-4-13-11-7-5-6-10(8-11)9-12(2,3)14/h5-8,14H,4,9H2,1-3H3. The van der Waals surface area contributed by atoms with Crippen LogP contribution in [0, 0.1) is 0 Å². The Morgan fingerprint density at radius 3 is 2.64 bits per heavy atom. The molecule has 1 rings (SSSR count). The molecule has 0 aliphatic heterocycles. The molecule has 2 heteroatoms. The SMILES string of the molecule is CCOc1cccc(CC(C)(C)S)c1. The lowest BCUT2D eigenvalue weighted by Crippen LogP contribution is -2.14. The molecule has 0 bridgehead atoms. The lowest BCUT2D eigenvalue weighted by molar-refractivity contribution is 0.340. The second kappa shape index (κ2) is 4.74. The van der Waals surface area contributed by atoms with Crippen LogP contribution in [-0.2, 0) is 6.42 Å². The van der Waals surface area contributed by atoms with Crippen molar-refractivity contribution in [1.82, 2.24) is 0 Å². The van der Waals surface area contributed by atoms with E-state index in [1.807, 2.05) is 19.1 Å². The molecule has 1 nitrogen and oxygen atoms in total. The highest BCUT2D eigenvalue weighted by Crippen LogP contribution is 2.21. The van der Waals surface area contributed by atoms with Gasteiger partial charge in [-0.25, -0.2) is 0 Å². The van der Waals surface area contributed by atoms with Gasteiger partial charge < -0.3 is 4.74 Å². The summed E-state index contributed by atoms with van der Waals surface area (Å²) in [4.78, 5) is 0. The van der Waals surface area contributed by atoms with Gasteiger partial charge in [-0.1, -0.05) is 26.0 Å². The fourth-order valence-corrected chi connectivity index (χ4v) is 1.59. The van der Waals surface area contributed by atoms with Gasteiger partial charge in [-0.3, -0.25) is 0 Å². The molecule has 0 unspecified atom stereocenters. The largest absolute Gasteiger partial charge is 0.494 e. The van der Waals surface area contributed by atoms with Crippen LogP contribution in [-0.4, -0.2) is 11.4 Å². The van der Waals surface area contributed by atoms with Gasteiger partial charge in [0.1, 0.15) is 5.75 Å². The lowest BCUT2D eigenvalue weighted by Gasteiger charge is -2.17. The third-order valence-corrected chi connectivity index (χ3v) is 2.00. The highest BCUT2D eigenvalue weighted by molar-refractivity contribution is 7.81. The van der Waals surface area contributed by atoms with Crippen LogP contribution >= 0.6 is 12.6 Å². The van der Waals surface area contributed by atoms with Gasteiger partial charge in [0.25, 0.3) is 0 Å². The topological polar surface area (TPSA) is 9.23 Å². The first-order valence-corrected chi connectivity index (χ1v) is 5.40. The van der Waals surface area contributed by atoms with Crippen molar-refractivity contribution in [1.29, 1.82) is 0 Å². The minimum atomic E-state index is 0.0326. The third kappa shape index (κ3) is 4.05. The van der Waals surface area contributed by atoms with E-state index >= 15 is 0 Å². The molecule has 0 aliphatic rings. The van der Waals surface area contributed by atoms with Crippen molar-refractivity contribution >= 4 is 12.6 Å². The molecular weight excluding hydrogens is 192 g/mol. The Hall–Kier alpha value is -0.630. The van der Waals surface area contributed by atoms with Crippen LogP contribution in [0.1, 0.15) is 26.3 Å². The highest BCUT2D eigenvalue weighted by Gasteiger charge is 2.12. The van der Waals surface area contributed by atoms with Gasteiger partial charge in [0.05, 0.1) is 6.61 Å². The van der Waals surface area contributed by atoms with Crippen molar-refractivity contribution in [2.45, 2.75) is 31.9 Å². The van der Waals surface area contributed by atoms with Crippen LogP contribution in [0.15, 0.2) is 24.3 Å². The van der Waals surface area contributed by atoms with Crippen LogP contribution < -0.4 is 4.74 Å². The summed E-state index contributed by atoms with van der Waals surface area (Å²) >= 11 is 4.51. The molecule has 0 N–H and O–H groups in total. The molecule has 0 amide bonds. The predicted molar refractivity (Wildman–Crippen MR) is 64.4 cm³/mol. The minimum Gasteiger partial charge on any atom is -0.494 e. The molecule has 78 valence electrons. The van der Waals surface area contributed by atoms with Gasteiger partial charge in [-0.05, 0) is 31.0 Å². The molecule has 1 aromatic carbocycles. The van der Waals surface area contributed by atoms with Gasteiger partial charge in [-0.15, -0.1) is 0 Å². The lowest BCUT2D eigenvalue weighted by atomic mass is 10.0. The van der Waals surface area contributed by atoms with Crippen LogP contribution in [0.25, 0.3) is 0 Å². The number of ether oxygens (including phenoxy) is 1. The van der Waals surface area contributed by atoms with Crippen LogP contribution in [0.5, 0.6) is 5.75 Å². The molecule has 0 aliphatic carbocycles. The number of hydrogen-bond donors (Lipinski definition) is 1. The van der Waals surface area contributed by atoms with Crippen molar-refractivity contribution in [2.24, 2.45) is 0 Å². The normalized spacial score (nSPS) is 11.4. The van der Waals surface area contributed by atoms with E-state index < -0.39 is 0 Å². The Labute approximate surface area is 91.9 Å². The quantitative estimate of drug-likeness (QED) is 0.750. The smallest absolute Gasteiger partial charge is 0.119 e. The first-order valence-electron chi connectivity index (χ1n) is 4.95. The molecule has 0 heterocycles. The van der Waals surface area contributed by atoms with E-state index in [-0.39, 0.29) is 4.75 Å². The first-order chi connectivity index (χ1) is 6.51. The fourth-order valence-electron chi connectivity index (χ4n) is 1.41. The zero-order valence-electron chi connectivity index (χ0n) is 9.08. The maximum atomic E-state index is 5.44. The maximum absolute atomic E-state index is 5.44. The third-order valence-electron chi connectivity index (χ3n) is 1.85. The summed E-state index contributed by atoms with van der Waals surface area (Å²) in [6.07, 6.45) is 0.955. The minimum absolute atomic E-state index is 0.0326. The summed E-state index contributed by atoms with van der Waals surface area (Å²) < 4.78 is 5.47. The Kier molecular flexibility index (Phi) is 3.87. The second-order valence-corrected chi connectivity index (χ2v) is 5.28. The Bertz CT molecular complexity index is 289. The Balaban J connectivity index is 2.73. The van der Waals surface area contributed by atoms with E-state index in [1.54, 1.807) is 0 Å².